The van der Waals surface area contributed by atoms with Gasteiger partial charge in [0.2, 0.25) is 0 Å². The number of carbonyl (C=O) groups excluding carboxylic acids is 1. The molecule has 88 valence electrons. The molecule has 0 N–H and O–H groups in total. The lowest BCUT2D eigenvalue weighted by Gasteiger charge is -2.01. The average Bonchev–Trinajstić information content (AvgIpc) is 2.71. The van der Waals surface area contributed by atoms with Gasteiger partial charge in [-0.1, -0.05) is 5.21 Å². The van der Waals surface area contributed by atoms with Gasteiger partial charge in [0.05, 0.1) is 12.8 Å². The zero-order chi connectivity index (χ0) is 12.4. The molecule has 0 aliphatic rings. The highest BCUT2D eigenvalue weighted by atomic mass is 79.9. The molecule has 2 aromatic rings. The molecule has 17 heavy (non-hydrogen) atoms. The first-order valence-corrected chi connectivity index (χ1v) is 5.52. The van der Waals surface area contributed by atoms with Crippen LogP contribution in [0.25, 0.3) is 11.4 Å². The summed E-state index contributed by atoms with van der Waals surface area (Å²) in [4.78, 5) is 15.8. The third-order valence-electron chi connectivity index (χ3n) is 2.18. The van der Waals surface area contributed by atoms with Gasteiger partial charge in [-0.3, -0.25) is 4.98 Å². The molecule has 0 saturated heterocycles. The molecule has 0 radical (unpaired) electrons. The first-order valence-electron chi connectivity index (χ1n) is 4.73. The van der Waals surface area contributed by atoms with Crippen molar-refractivity contribution in [3.05, 3.63) is 28.5 Å². The van der Waals surface area contributed by atoms with Crippen molar-refractivity contribution in [2.45, 2.75) is 0 Å². The first-order chi connectivity index (χ1) is 8.13. The van der Waals surface area contributed by atoms with Gasteiger partial charge in [-0.05, 0) is 28.1 Å². The van der Waals surface area contributed by atoms with Crippen LogP contribution in [0.15, 0.2) is 22.8 Å². The molecule has 2 aromatic heterocycles. The fraction of sp³-hybridized carbons (Fsp3) is 0.200. The predicted octanol–water partition coefficient (Wildman–Crippen LogP) is 1.43. The number of pyridine rings is 1. The fourth-order valence-corrected chi connectivity index (χ4v) is 1.61. The van der Waals surface area contributed by atoms with Crippen LogP contribution in [-0.4, -0.2) is 33.1 Å². The third-order valence-corrected chi connectivity index (χ3v) is 2.64. The minimum atomic E-state index is -0.489. The van der Waals surface area contributed by atoms with Crippen LogP contribution in [0, 0.1) is 0 Å². The number of aryl methyl sites for hydroxylation is 1. The van der Waals surface area contributed by atoms with Crippen LogP contribution in [0.5, 0.6) is 0 Å². The third kappa shape index (κ3) is 2.19. The van der Waals surface area contributed by atoms with Crippen molar-refractivity contribution in [1.82, 2.24) is 20.0 Å². The number of esters is 1. The highest BCUT2D eigenvalue weighted by Crippen LogP contribution is 2.20. The summed E-state index contributed by atoms with van der Waals surface area (Å²) in [7, 11) is 2.94. The van der Waals surface area contributed by atoms with Crippen molar-refractivity contribution in [2.24, 2.45) is 7.05 Å². The lowest BCUT2D eigenvalue weighted by Crippen LogP contribution is -2.09. The van der Waals surface area contributed by atoms with Crippen molar-refractivity contribution in [2.75, 3.05) is 7.11 Å². The molecule has 0 unspecified atom stereocenters. The van der Waals surface area contributed by atoms with Gasteiger partial charge >= 0.3 is 5.97 Å². The Balaban J connectivity index is 2.52. The lowest BCUT2D eigenvalue weighted by atomic mass is 10.2. The molecule has 0 aliphatic heterocycles. The molecule has 7 heteroatoms. The summed E-state index contributed by atoms with van der Waals surface area (Å²) in [6.45, 7) is 0. The number of nitrogens with zero attached hydrogens (tertiary/aromatic N) is 4. The number of hydrogen-bond donors (Lipinski definition) is 0. The molecule has 0 bridgehead atoms. The normalized spacial score (nSPS) is 10.3. The van der Waals surface area contributed by atoms with Crippen LogP contribution in [0.3, 0.4) is 0 Å². The van der Waals surface area contributed by atoms with E-state index in [0.717, 1.165) is 4.47 Å². The number of ether oxygens (including phenoxy) is 1. The van der Waals surface area contributed by atoms with Crippen LogP contribution in [0.2, 0.25) is 0 Å². The standard InChI is InChI=1S/C10H9BrN4O2/c1-15-9(10(16)17-2)8(13-14-15)7-4-3-6(11)5-12-7/h3-5H,1-2H3. The molecular weight excluding hydrogens is 288 g/mol. The second-order valence-electron chi connectivity index (χ2n) is 3.26. The zero-order valence-corrected chi connectivity index (χ0v) is 10.8. The van der Waals surface area contributed by atoms with Crippen LogP contribution < -0.4 is 0 Å². The van der Waals surface area contributed by atoms with E-state index in [0.29, 0.717) is 11.4 Å². The van der Waals surface area contributed by atoms with Crippen molar-refractivity contribution in [3.8, 4) is 11.4 Å². The molecule has 2 rings (SSSR count). The number of carbonyl (C=O) groups is 1. The minimum absolute atomic E-state index is 0.280. The minimum Gasteiger partial charge on any atom is -0.464 e. The predicted molar refractivity (Wildman–Crippen MR) is 63.3 cm³/mol. The second-order valence-corrected chi connectivity index (χ2v) is 4.18. The molecule has 2 heterocycles. The summed E-state index contributed by atoms with van der Waals surface area (Å²) in [6, 6.07) is 3.57. The van der Waals surface area contributed by atoms with E-state index in [4.69, 9.17) is 0 Å². The quantitative estimate of drug-likeness (QED) is 0.784. The molecule has 0 aromatic carbocycles. The van der Waals surface area contributed by atoms with E-state index >= 15 is 0 Å². The molecule has 0 aliphatic carbocycles. The monoisotopic (exact) mass is 296 g/mol. The van der Waals surface area contributed by atoms with Gasteiger partial charge in [-0.25, -0.2) is 9.48 Å². The Morgan fingerprint density at radius 3 is 2.82 bits per heavy atom. The largest absolute Gasteiger partial charge is 0.464 e. The molecule has 6 nitrogen and oxygen atoms in total. The second kappa shape index (κ2) is 4.62. The first kappa shape index (κ1) is 11.7. The van der Waals surface area contributed by atoms with Crippen LogP contribution in [-0.2, 0) is 11.8 Å². The van der Waals surface area contributed by atoms with Crippen LogP contribution >= 0.6 is 15.9 Å². The van der Waals surface area contributed by atoms with Gasteiger partial charge in [-0.2, -0.15) is 0 Å². The van der Waals surface area contributed by atoms with Crippen molar-refractivity contribution < 1.29 is 9.53 Å². The lowest BCUT2D eigenvalue weighted by molar-refractivity contribution is 0.0589. The van der Waals surface area contributed by atoms with Crippen molar-refractivity contribution in [1.29, 1.82) is 0 Å². The van der Waals surface area contributed by atoms with Gasteiger partial charge in [0, 0.05) is 17.7 Å². The molecule has 0 spiro atoms. The summed E-state index contributed by atoms with van der Waals surface area (Å²) in [5, 5.41) is 7.72. The van der Waals surface area contributed by atoms with E-state index in [-0.39, 0.29) is 5.69 Å². The van der Waals surface area contributed by atoms with Crippen LogP contribution in [0.4, 0.5) is 0 Å². The molecule has 0 atom stereocenters. The average molecular weight is 297 g/mol. The fourth-order valence-electron chi connectivity index (χ4n) is 1.37. The van der Waals surface area contributed by atoms with E-state index in [1.165, 1.54) is 11.8 Å². The number of halogens is 1. The topological polar surface area (TPSA) is 69.9 Å². The van der Waals surface area contributed by atoms with E-state index in [9.17, 15) is 4.79 Å². The Kier molecular flexibility index (Phi) is 3.19. The smallest absolute Gasteiger partial charge is 0.358 e. The Hall–Kier alpha value is -1.76. The zero-order valence-electron chi connectivity index (χ0n) is 9.22. The molecular formula is C10H9BrN4O2. The molecule has 0 amide bonds. The summed E-state index contributed by atoms with van der Waals surface area (Å²) >= 11 is 3.29. The maximum atomic E-state index is 11.6. The van der Waals surface area contributed by atoms with E-state index in [2.05, 4.69) is 36.0 Å². The van der Waals surface area contributed by atoms with Gasteiger partial charge in [0.15, 0.2) is 5.69 Å². The van der Waals surface area contributed by atoms with Gasteiger partial charge in [0.25, 0.3) is 0 Å². The van der Waals surface area contributed by atoms with Crippen LogP contribution in [0.1, 0.15) is 10.5 Å². The van der Waals surface area contributed by atoms with E-state index in [1.54, 1.807) is 19.3 Å². The highest BCUT2D eigenvalue weighted by molar-refractivity contribution is 9.10. The van der Waals surface area contributed by atoms with Crippen molar-refractivity contribution in [3.63, 3.8) is 0 Å². The Bertz CT molecular complexity index is 550. The van der Waals surface area contributed by atoms with E-state index in [1.807, 2.05) is 6.07 Å². The Morgan fingerprint density at radius 1 is 1.47 bits per heavy atom. The maximum absolute atomic E-state index is 11.6. The Labute approximate surface area is 106 Å². The van der Waals surface area contributed by atoms with E-state index < -0.39 is 5.97 Å². The van der Waals surface area contributed by atoms with Gasteiger partial charge in [0.1, 0.15) is 5.69 Å². The summed E-state index contributed by atoms with van der Waals surface area (Å²) < 4.78 is 6.90. The summed E-state index contributed by atoms with van der Waals surface area (Å²) in [6.07, 6.45) is 1.63. The van der Waals surface area contributed by atoms with Gasteiger partial charge < -0.3 is 4.74 Å². The summed E-state index contributed by atoms with van der Waals surface area (Å²) in [5.74, 6) is -0.489. The molecule has 0 saturated carbocycles. The summed E-state index contributed by atoms with van der Waals surface area (Å²) in [5.41, 5.74) is 1.26. The molecule has 0 fully saturated rings. The number of methoxy groups -OCH3 is 1. The van der Waals surface area contributed by atoms with Crippen molar-refractivity contribution >= 4 is 21.9 Å². The highest BCUT2D eigenvalue weighted by Gasteiger charge is 2.21. The number of aromatic nitrogens is 4. The maximum Gasteiger partial charge on any atom is 0.358 e. The SMILES string of the molecule is COC(=O)c1c(-c2ccc(Br)cn2)nnn1C. The number of hydrogen-bond acceptors (Lipinski definition) is 5. The Morgan fingerprint density at radius 2 is 2.24 bits per heavy atom. The van der Waals surface area contributed by atoms with Gasteiger partial charge in [-0.15, -0.1) is 5.10 Å². The number of rotatable bonds is 2.